The SMILES string of the molecule is O=C(NC(C(=O)NCc1ccc(OC(F)(F)F)cc1)c1ccccc1)c1cccs1. The summed E-state index contributed by atoms with van der Waals surface area (Å²) in [5.74, 6) is -1.16. The third-order valence-corrected chi connectivity index (χ3v) is 4.91. The predicted molar refractivity (Wildman–Crippen MR) is 106 cm³/mol. The van der Waals surface area contributed by atoms with Gasteiger partial charge in [-0.1, -0.05) is 48.5 Å². The van der Waals surface area contributed by atoms with E-state index in [2.05, 4.69) is 15.4 Å². The monoisotopic (exact) mass is 434 g/mol. The first-order valence-electron chi connectivity index (χ1n) is 8.83. The highest BCUT2D eigenvalue weighted by molar-refractivity contribution is 7.12. The quantitative estimate of drug-likeness (QED) is 0.578. The number of benzene rings is 2. The lowest BCUT2D eigenvalue weighted by Crippen LogP contribution is -2.40. The van der Waals surface area contributed by atoms with Crippen LogP contribution >= 0.6 is 11.3 Å². The highest BCUT2D eigenvalue weighted by atomic mass is 32.1. The van der Waals surface area contributed by atoms with Crippen LogP contribution in [0.1, 0.15) is 26.8 Å². The fraction of sp³-hybridized carbons (Fsp3) is 0.143. The molecular weight excluding hydrogens is 417 g/mol. The lowest BCUT2D eigenvalue weighted by atomic mass is 10.1. The van der Waals surface area contributed by atoms with E-state index >= 15 is 0 Å². The van der Waals surface area contributed by atoms with Gasteiger partial charge in [0.1, 0.15) is 11.8 Å². The van der Waals surface area contributed by atoms with E-state index < -0.39 is 18.3 Å². The van der Waals surface area contributed by atoms with Crippen LogP contribution in [0.4, 0.5) is 13.2 Å². The van der Waals surface area contributed by atoms with Crippen LogP contribution in [0, 0.1) is 0 Å². The molecule has 0 aliphatic heterocycles. The van der Waals surface area contributed by atoms with E-state index in [1.807, 2.05) is 0 Å². The fourth-order valence-electron chi connectivity index (χ4n) is 2.66. The van der Waals surface area contributed by atoms with Crippen molar-refractivity contribution >= 4 is 23.2 Å². The first kappa shape index (κ1) is 21.4. The zero-order valence-electron chi connectivity index (χ0n) is 15.5. The number of halogens is 3. The Kier molecular flexibility index (Phi) is 6.73. The number of amides is 2. The first-order chi connectivity index (χ1) is 14.3. The number of alkyl halides is 3. The van der Waals surface area contributed by atoms with Gasteiger partial charge in [-0.25, -0.2) is 0 Å². The van der Waals surface area contributed by atoms with Gasteiger partial charge in [-0.05, 0) is 34.7 Å². The summed E-state index contributed by atoms with van der Waals surface area (Å²) in [7, 11) is 0. The average Bonchev–Trinajstić information content (AvgIpc) is 3.26. The summed E-state index contributed by atoms with van der Waals surface area (Å²) in [6.45, 7) is 0.0728. The Labute approximate surface area is 174 Å². The highest BCUT2D eigenvalue weighted by Crippen LogP contribution is 2.23. The van der Waals surface area contributed by atoms with E-state index in [9.17, 15) is 22.8 Å². The maximum atomic E-state index is 12.8. The summed E-state index contributed by atoms with van der Waals surface area (Å²) < 4.78 is 40.5. The summed E-state index contributed by atoms with van der Waals surface area (Å²) in [5.41, 5.74) is 1.18. The largest absolute Gasteiger partial charge is 0.573 e. The third-order valence-electron chi connectivity index (χ3n) is 4.04. The van der Waals surface area contributed by atoms with Crippen molar-refractivity contribution in [1.29, 1.82) is 0 Å². The van der Waals surface area contributed by atoms with Gasteiger partial charge >= 0.3 is 6.36 Å². The molecule has 1 heterocycles. The van der Waals surface area contributed by atoms with Crippen LogP contribution in [-0.2, 0) is 11.3 Å². The van der Waals surface area contributed by atoms with E-state index in [0.717, 1.165) is 0 Å². The lowest BCUT2D eigenvalue weighted by molar-refractivity contribution is -0.274. The van der Waals surface area contributed by atoms with Crippen LogP contribution < -0.4 is 15.4 Å². The van der Waals surface area contributed by atoms with Gasteiger partial charge in [-0.15, -0.1) is 24.5 Å². The molecule has 0 aliphatic rings. The molecular formula is C21H17F3N2O3S. The molecule has 0 bridgehead atoms. The van der Waals surface area contributed by atoms with E-state index in [-0.39, 0.29) is 18.2 Å². The number of carbonyl (C=O) groups is 2. The third kappa shape index (κ3) is 6.08. The summed E-state index contributed by atoms with van der Waals surface area (Å²) >= 11 is 1.26. The van der Waals surface area contributed by atoms with E-state index in [1.54, 1.807) is 47.8 Å². The molecule has 2 amide bonds. The molecule has 5 nitrogen and oxygen atoms in total. The molecule has 0 radical (unpaired) electrons. The van der Waals surface area contributed by atoms with Gasteiger partial charge in [0.25, 0.3) is 5.91 Å². The maximum Gasteiger partial charge on any atom is 0.573 e. The number of carbonyl (C=O) groups excluding carboxylic acids is 2. The van der Waals surface area contributed by atoms with Gasteiger partial charge in [0, 0.05) is 6.54 Å². The Morgan fingerprint density at radius 3 is 2.27 bits per heavy atom. The van der Waals surface area contributed by atoms with Crippen molar-refractivity contribution in [2.24, 2.45) is 0 Å². The van der Waals surface area contributed by atoms with Crippen molar-refractivity contribution in [1.82, 2.24) is 10.6 Å². The normalized spacial score (nSPS) is 12.1. The first-order valence-corrected chi connectivity index (χ1v) is 9.71. The van der Waals surface area contributed by atoms with Gasteiger partial charge < -0.3 is 15.4 Å². The van der Waals surface area contributed by atoms with Crippen LogP contribution in [-0.4, -0.2) is 18.2 Å². The van der Waals surface area contributed by atoms with Gasteiger partial charge in [0.15, 0.2) is 0 Å². The van der Waals surface area contributed by atoms with Gasteiger partial charge in [0.05, 0.1) is 4.88 Å². The zero-order valence-corrected chi connectivity index (χ0v) is 16.3. The van der Waals surface area contributed by atoms with Crippen LogP contribution in [0.3, 0.4) is 0 Å². The molecule has 9 heteroatoms. The van der Waals surface area contributed by atoms with Gasteiger partial charge in [0.2, 0.25) is 5.91 Å². The minimum absolute atomic E-state index is 0.0728. The van der Waals surface area contributed by atoms with Gasteiger partial charge in [-0.3, -0.25) is 9.59 Å². The number of ether oxygens (including phenoxy) is 1. The molecule has 156 valence electrons. The molecule has 0 saturated heterocycles. The van der Waals surface area contributed by atoms with E-state index in [4.69, 9.17) is 0 Å². The molecule has 0 aliphatic carbocycles. The molecule has 3 rings (SSSR count). The smallest absolute Gasteiger partial charge is 0.406 e. The molecule has 1 unspecified atom stereocenters. The minimum atomic E-state index is -4.76. The molecule has 2 N–H and O–H groups in total. The zero-order chi connectivity index (χ0) is 21.6. The summed E-state index contributed by atoms with van der Waals surface area (Å²) in [5, 5.41) is 7.19. The standard InChI is InChI=1S/C21H17F3N2O3S/c22-21(23,24)29-16-10-8-14(9-11-16)13-25-20(28)18(15-5-2-1-3-6-15)26-19(27)17-7-4-12-30-17/h1-12,18H,13H2,(H,25,28)(H,26,27). The minimum Gasteiger partial charge on any atom is -0.406 e. The van der Waals surface area contributed by atoms with E-state index in [1.165, 1.54) is 35.6 Å². The van der Waals surface area contributed by atoms with Crippen LogP contribution in [0.2, 0.25) is 0 Å². The molecule has 30 heavy (non-hydrogen) atoms. The molecule has 0 spiro atoms. The Morgan fingerprint density at radius 2 is 1.67 bits per heavy atom. The second-order valence-electron chi connectivity index (χ2n) is 6.20. The van der Waals surface area contributed by atoms with Crippen LogP contribution in [0.15, 0.2) is 72.1 Å². The van der Waals surface area contributed by atoms with Crippen molar-refractivity contribution in [3.05, 3.63) is 88.1 Å². The predicted octanol–water partition coefficient (Wildman–Crippen LogP) is 4.43. The van der Waals surface area contributed by atoms with Crippen molar-refractivity contribution in [2.75, 3.05) is 0 Å². The number of nitrogens with one attached hydrogen (secondary N) is 2. The van der Waals surface area contributed by atoms with Crippen molar-refractivity contribution < 1.29 is 27.5 Å². The second kappa shape index (κ2) is 9.45. The van der Waals surface area contributed by atoms with Gasteiger partial charge in [-0.2, -0.15) is 0 Å². The van der Waals surface area contributed by atoms with Crippen LogP contribution in [0.25, 0.3) is 0 Å². The Balaban J connectivity index is 1.67. The fourth-order valence-corrected chi connectivity index (χ4v) is 3.28. The molecule has 0 fully saturated rings. The summed E-state index contributed by atoms with van der Waals surface area (Å²) in [6.07, 6.45) is -4.76. The average molecular weight is 434 g/mol. The molecule has 1 atom stereocenters. The summed E-state index contributed by atoms with van der Waals surface area (Å²) in [6, 6.07) is 16.4. The Hall–Kier alpha value is -3.33. The number of rotatable bonds is 7. The Morgan fingerprint density at radius 1 is 0.967 bits per heavy atom. The molecule has 0 saturated carbocycles. The topological polar surface area (TPSA) is 67.4 Å². The molecule has 3 aromatic rings. The van der Waals surface area contributed by atoms with Crippen LogP contribution in [0.5, 0.6) is 5.75 Å². The Bertz CT molecular complexity index is 975. The highest BCUT2D eigenvalue weighted by Gasteiger charge is 2.31. The lowest BCUT2D eigenvalue weighted by Gasteiger charge is -2.19. The summed E-state index contributed by atoms with van der Waals surface area (Å²) in [4.78, 5) is 25.7. The van der Waals surface area contributed by atoms with Crippen molar-refractivity contribution in [2.45, 2.75) is 18.9 Å². The number of hydrogen-bond acceptors (Lipinski definition) is 4. The van der Waals surface area contributed by atoms with Crippen molar-refractivity contribution in [3.8, 4) is 5.75 Å². The number of thiophene rings is 1. The van der Waals surface area contributed by atoms with Crippen molar-refractivity contribution in [3.63, 3.8) is 0 Å². The van der Waals surface area contributed by atoms with E-state index in [0.29, 0.717) is 16.0 Å². The molecule has 1 aromatic heterocycles. The maximum absolute atomic E-state index is 12.8. The number of hydrogen-bond donors (Lipinski definition) is 2. The second-order valence-corrected chi connectivity index (χ2v) is 7.15. The molecule has 2 aromatic carbocycles.